The smallest absolute Gasteiger partial charge is 0.338 e. The largest absolute Gasteiger partial charge is 0.424 e. The Morgan fingerprint density at radius 3 is 2.57 bits per heavy atom. The van der Waals surface area contributed by atoms with E-state index in [1.165, 1.54) is 0 Å². The SMILES string of the molecule is C[C@@]12C(=O)Oc3ccccc3[C@@H]1C(C#N)=CN2c1ccccc1. The fraction of sp³-hybridized carbons (Fsp3) is 0.158. The molecule has 2 aliphatic rings. The summed E-state index contributed by atoms with van der Waals surface area (Å²) in [4.78, 5) is 14.7. The van der Waals surface area contributed by atoms with E-state index >= 15 is 0 Å². The van der Waals surface area contributed by atoms with E-state index in [1.807, 2.05) is 60.4 Å². The van der Waals surface area contributed by atoms with E-state index in [9.17, 15) is 10.1 Å². The number of benzene rings is 2. The van der Waals surface area contributed by atoms with Gasteiger partial charge in [-0.15, -0.1) is 0 Å². The number of para-hydroxylation sites is 2. The van der Waals surface area contributed by atoms with Crippen LogP contribution in [0.15, 0.2) is 66.4 Å². The standard InChI is InChI=1S/C19H14N2O2/c1-19-17(15-9-5-6-10-16(15)23-18(19)22)13(11-20)12-21(19)14-7-3-2-4-8-14/h2-10,12,17H,1H3/t17-,19-/m0/s1. The van der Waals surface area contributed by atoms with E-state index in [4.69, 9.17) is 4.74 Å². The number of rotatable bonds is 1. The summed E-state index contributed by atoms with van der Waals surface area (Å²) in [6.45, 7) is 1.84. The average Bonchev–Trinajstić information content (AvgIpc) is 2.90. The molecule has 0 N–H and O–H groups in total. The summed E-state index contributed by atoms with van der Waals surface area (Å²) in [5.74, 6) is -0.132. The summed E-state index contributed by atoms with van der Waals surface area (Å²) in [5.41, 5.74) is 1.35. The molecule has 0 radical (unpaired) electrons. The van der Waals surface area contributed by atoms with Crippen LogP contribution >= 0.6 is 0 Å². The van der Waals surface area contributed by atoms with Crippen molar-refractivity contribution in [2.75, 3.05) is 4.90 Å². The predicted molar refractivity (Wildman–Crippen MR) is 85.8 cm³/mol. The van der Waals surface area contributed by atoms with Crippen molar-refractivity contribution in [1.82, 2.24) is 0 Å². The zero-order valence-electron chi connectivity index (χ0n) is 12.6. The molecule has 2 aliphatic heterocycles. The van der Waals surface area contributed by atoms with Gasteiger partial charge in [0, 0.05) is 17.5 Å². The Morgan fingerprint density at radius 2 is 1.83 bits per heavy atom. The highest BCUT2D eigenvalue weighted by molar-refractivity contribution is 5.94. The predicted octanol–water partition coefficient (Wildman–Crippen LogP) is 3.38. The number of fused-ring (bicyclic) bond motifs is 3. The Kier molecular flexibility index (Phi) is 2.79. The van der Waals surface area contributed by atoms with Gasteiger partial charge >= 0.3 is 5.97 Å². The van der Waals surface area contributed by atoms with E-state index in [1.54, 1.807) is 12.3 Å². The second-order valence-corrected chi connectivity index (χ2v) is 5.91. The number of ether oxygens (including phenoxy) is 1. The van der Waals surface area contributed by atoms with E-state index in [-0.39, 0.29) is 11.9 Å². The fourth-order valence-electron chi connectivity index (χ4n) is 3.52. The van der Waals surface area contributed by atoms with Gasteiger partial charge in [-0.3, -0.25) is 0 Å². The third-order valence-corrected chi connectivity index (χ3v) is 4.65. The second-order valence-electron chi connectivity index (χ2n) is 5.91. The van der Waals surface area contributed by atoms with Crippen LogP contribution in [0.2, 0.25) is 0 Å². The van der Waals surface area contributed by atoms with E-state index in [2.05, 4.69) is 6.07 Å². The first-order valence-electron chi connectivity index (χ1n) is 7.43. The van der Waals surface area contributed by atoms with Gasteiger partial charge in [-0.25, -0.2) is 4.79 Å². The molecule has 0 spiro atoms. The van der Waals surface area contributed by atoms with Crippen molar-refractivity contribution in [3.63, 3.8) is 0 Å². The van der Waals surface area contributed by atoms with Crippen LogP contribution in [0.3, 0.4) is 0 Å². The van der Waals surface area contributed by atoms with Crippen molar-refractivity contribution in [2.24, 2.45) is 0 Å². The van der Waals surface area contributed by atoms with E-state index < -0.39 is 5.54 Å². The number of carbonyl (C=O) groups is 1. The van der Waals surface area contributed by atoms with Gasteiger partial charge < -0.3 is 9.64 Å². The highest BCUT2D eigenvalue weighted by Gasteiger charge is 2.57. The zero-order chi connectivity index (χ0) is 16.0. The third kappa shape index (κ3) is 1.74. The van der Waals surface area contributed by atoms with Gasteiger partial charge in [0.2, 0.25) is 0 Å². The molecule has 0 saturated carbocycles. The lowest BCUT2D eigenvalue weighted by Crippen LogP contribution is -2.55. The van der Waals surface area contributed by atoms with Crippen molar-refractivity contribution in [3.05, 3.63) is 71.9 Å². The summed E-state index contributed by atoms with van der Waals surface area (Å²) in [5, 5.41) is 9.60. The number of hydrogen-bond donors (Lipinski definition) is 0. The molecule has 0 bridgehead atoms. The molecule has 112 valence electrons. The third-order valence-electron chi connectivity index (χ3n) is 4.65. The minimum atomic E-state index is -0.958. The summed E-state index contributed by atoms with van der Waals surface area (Å²) >= 11 is 0. The lowest BCUT2D eigenvalue weighted by Gasteiger charge is -2.41. The van der Waals surface area contributed by atoms with Crippen molar-refractivity contribution in [3.8, 4) is 11.8 Å². The molecule has 0 fully saturated rings. The molecule has 2 aromatic carbocycles. The number of esters is 1. The fourth-order valence-corrected chi connectivity index (χ4v) is 3.52. The molecule has 0 unspecified atom stereocenters. The molecule has 4 rings (SSSR count). The number of anilines is 1. The molecule has 2 aromatic rings. The first kappa shape index (κ1) is 13.6. The average molecular weight is 302 g/mol. The maximum absolute atomic E-state index is 12.8. The Hall–Kier alpha value is -3.06. The quantitative estimate of drug-likeness (QED) is 0.598. The molecule has 0 aromatic heterocycles. The van der Waals surface area contributed by atoms with Gasteiger partial charge in [-0.1, -0.05) is 36.4 Å². The van der Waals surface area contributed by atoms with Crippen LogP contribution in [0.1, 0.15) is 18.4 Å². The van der Waals surface area contributed by atoms with Gasteiger partial charge in [0.15, 0.2) is 5.54 Å². The summed E-state index contributed by atoms with van der Waals surface area (Å²) in [6.07, 6.45) is 1.77. The van der Waals surface area contributed by atoms with Crippen LogP contribution in [0.25, 0.3) is 0 Å². The van der Waals surface area contributed by atoms with Crippen molar-refractivity contribution in [2.45, 2.75) is 18.4 Å². The van der Waals surface area contributed by atoms with E-state index in [0.717, 1.165) is 11.3 Å². The molecule has 0 saturated heterocycles. The summed E-state index contributed by atoms with van der Waals surface area (Å²) < 4.78 is 5.57. The maximum Gasteiger partial charge on any atom is 0.338 e. The van der Waals surface area contributed by atoms with Gasteiger partial charge in [0.1, 0.15) is 5.75 Å². The monoisotopic (exact) mass is 302 g/mol. The first-order chi connectivity index (χ1) is 11.2. The van der Waals surface area contributed by atoms with Crippen molar-refractivity contribution >= 4 is 11.7 Å². The Labute approximate surface area is 134 Å². The molecule has 4 nitrogen and oxygen atoms in total. The van der Waals surface area contributed by atoms with Crippen molar-refractivity contribution < 1.29 is 9.53 Å². The Bertz CT molecular complexity index is 866. The van der Waals surface area contributed by atoms with Gasteiger partial charge in [0.25, 0.3) is 0 Å². The van der Waals surface area contributed by atoms with Gasteiger partial charge in [0.05, 0.1) is 17.6 Å². The first-order valence-corrected chi connectivity index (χ1v) is 7.43. The van der Waals surface area contributed by atoms with Gasteiger partial charge in [-0.2, -0.15) is 5.26 Å². The van der Waals surface area contributed by atoms with Crippen LogP contribution < -0.4 is 9.64 Å². The van der Waals surface area contributed by atoms with Crippen LogP contribution in [0.5, 0.6) is 5.75 Å². The Balaban J connectivity index is 1.94. The van der Waals surface area contributed by atoms with Crippen LogP contribution in [0.4, 0.5) is 5.69 Å². The normalized spacial score (nSPS) is 25.0. The molecule has 0 amide bonds. The minimum absolute atomic E-state index is 0.329. The van der Waals surface area contributed by atoms with Crippen LogP contribution in [-0.2, 0) is 4.79 Å². The Morgan fingerprint density at radius 1 is 1.13 bits per heavy atom. The molecule has 2 atom stereocenters. The number of nitrogens with zero attached hydrogens (tertiary/aromatic N) is 2. The van der Waals surface area contributed by atoms with Crippen molar-refractivity contribution in [1.29, 1.82) is 5.26 Å². The molecule has 4 heteroatoms. The molecule has 2 heterocycles. The lowest BCUT2D eigenvalue weighted by atomic mass is 9.76. The summed E-state index contributed by atoms with van der Waals surface area (Å²) in [6, 6.07) is 19.3. The van der Waals surface area contributed by atoms with Crippen LogP contribution in [-0.4, -0.2) is 11.5 Å². The van der Waals surface area contributed by atoms with Crippen LogP contribution in [0, 0.1) is 11.3 Å². The molecule has 23 heavy (non-hydrogen) atoms. The van der Waals surface area contributed by atoms with E-state index in [0.29, 0.717) is 11.3 Å². The highest BCUT2D eigenvalue weighted by Crippen LogP contribution is 2.52. The molecule has 0 aliphatic carbocycles. The lowest BCUT2D eigenvalue weighted by molar-refractivity contribution is -0.141. The maximum atomic E-state index is 12.8. The molecular formula is C19H14N2O2. The number of hydrogen-bond acceptors (Lipinski definition) is 4. The molecular weight excluding hydrogens is 288 g/mol. The minimum Gasteiger partial charge on any atom is -0.424 e. The number of nitriles is 1. The highest BCUT2D eigenvalue weighted by atomic mass is 16.5. The zero-order valence-corrected chi connectivity index (χ0v) is 12.6. The van der Waals surface area contributed by atoms with Gasteiger partial charge in [-0.05, 0) is 25.1 Å². The second kappa shape index (κ2) is 4.72. The topological polar surface area (TPSA) is 53.3 Å². The number of carbonyl (C=O) groups excluding carboxylic acids is 1. The summed E-state index contributed by atoms with van der Waals surface area (Å²) in [7, 11) is 0.